The minimum absolute atomic E-state index is 0.152. The topological polar surface area (TPSA) is 53.6 Å². The molecule has 1 saturated heterocycles. The molecule has 1 unspecified atom stereocenters. The number of nitrogens with one attached hydrogen (secondary N) is 2. The Hall–Kier alpha value is -1.01. The van der Waals surface area contributed by atoms with Gasteiger partial charge in [0, 0.05) is 44.3 Å². The molecular formula is C15H21Cl2N3O2. The molecule has 1 aromatic rings. The van der Waals surface area contributed by atoms with Crippen molar-refractivity contribution in [3.05, 3.63) is 28.2 Å². The van der Waals surface area contributed by atoms with Crippen molar-refractivity contribution in [3.63, 3.8) is 0 Å². The molecule has 0 aliphatic carbocycles. The summed E-state index contributed by atoms with van der Waals surface area (Å²) in [6.45, 7) is 7.20. The SMILES string of the molecule is CC(Oc1ccc(Cl)cc1Cl)C(=O)NCCN1CCNCC1. The van der Waals surface area contributed by atoms with Gasteiger partial charge in [0.15, 0.2) is 6.10 Å². The zero-order valence-corrected chi connectivity index (χ0v) is 14.1. The number of benzene rings is 1. The van der Waals surface area contributed by atoms with Crippen LogP contribution in [0, 0.1) is 0 Å². The number of piperazine rings is 1. The molecular weight excluding hydrogens is 325 g/mol. The van der Waals surface area contributed by atoms with Gasteiger partial charge in [-0.3, -0.25) is 9.69 Å². The molecule has 1 heterocycles. The molecule has 0 spiro atoms. The van der Waals surface area contributed by atoms with E-state index in [9.17, 15) is 4.79 Å². The minimum Gasteiger partial charge on any atom is -0.479 e. The number of rotatable bonds is 6. The molecule has 5 nitrogen and oxygen atoms in total. The molecule has 0 saturated carbocycles. The second-order valence-corrected chi connectivity index (χ2v) is 6.06. The lowest BCUT2D eigenvalue weighted by molar-refractivity contribution is -0.127. The zero-order chi connectivity index (χ0) is 15.9. The van der Waals surface area contributed by atoms with Crippen LogP contribution in [0.4, 0.5) is 0 Å². The molecule has 7 heteroatoms. The van der Waals surface area contributed by atoms with Crippen LogP contribution in [0.15, 0.2) is 18.2 Å². The van der Waals surface area contributed by atoms with Gasteiger partial charge in [-0.25, -0.2) is 0 Å². The van der Waals surface area contributed by atoms with Crippen LogP contribution < -0.4 is 15.4 Å². The first-order valence-corrected chi connectivity index (χ1v) is 8.14. The Bertz CT molecular complexity index is 508. The quantitative estimate of drug-likeness (QED) is 0.825. The van der Waals surface area contributed by atoms with Crippen LogP contribution in [0.5, 0.6) is 5.75 Å². The second-order valence-electron chi connectivity index (χ2n) is 5.22. The Labute approximate surface area is 140 Å². The summed E-state index contributed by atoms with van der Waals surface area (Å²) >= 11 is 11.9. The standard InChI is InChI=1S/C15H21Cl2N3O2/c1-11(22-14-3-2-12(16)10-13(14)17)15(21)19-6-9-20-7-4-18-5-8-20/h2-3,10-11,18H,4-9H2,1H3,(H,19,21). The van der Waals surface area contributed by atoms with Gasteiger partial charge in [0.2, 0.25) is 0 Å². The number of amides is 1. The van der Waals surface area contributed by atoms with E-state index in [-0.39, 0.29) is 5.91 Å². The highest BCUT2D eigenvalue weighted by atomic mass is 35.5. The summed E-state index contributed by atoms with van der Waals surface area (Å²) in [6, 6.07) is 4.93. The minimum atomic E-state index is -0.610. The second kappa shape index (κ2) is 8.58. The van der Waals surface area contributed by atoms with Crippen LogP contribution in [0.3, 0.4) is 0 Å². The number of ether oxygens (including phenoxy) is 1. The van der Waals surface area contributed by atoms with E-state index < -0.39 is 6.10 Å². The van der Waals surface area contributed by atoms with Gasteiger partial charge < -0.3 is 15.4 Å². The van der Waals surface area contributed by atoms with E-state index in [2.05, 4.69) is 15.5 Å². The molecule has 22 heavy (non-hydrogen) atoms. The van der Waals surface area contributed by atoms with Gasteiger partial charge in [-0.05, 0) is 25.1 Å². The van der Waals surface area contributed by atoms with Gasteiger partial charge in [0.05, 0.1) is 5.02 Å². The summed E-state index contributed by atoms with van der Waals surface area (Å²) in [7, 11) is 0. The van der Waals surface area contributed by atoms with Crippen LogP contribution >= 0.6 is 23.2 Å². The van der Waals surface area contributed by atoms with Crippen molar-refractivity contribution in [1.29, 1.82) is 0 Å². The fourth-order valence-corrected chi connectivity index (χ4v) is 2.68. The maximum Gasteiger partial charge on any atom is 0.260 e. The van der Waals surface area contributed by atoms with E-state index >= 15 is 0 Å². The predicted molar refractivity (Wildman–Crippen MR) is 88.9 cm³/mol. The van der Waals surface area contributed by atoms with E-state index in [0.717, 1.165) is 32.7 Å². The molecule has 1 amide bonds. The van der Waals surface area contributed by atoms with Gasteiger partial charge in [-0.1, -0.05) is 23.2 Å². The lowest BCUT2D eigenvalue weighted by Gasteiger charge is -2.27. The van der Waals surface area contributed by atoms with E-state index in [1.807, 2.05) is 0 Å². The lowest BCUT2D eigenvalue weighted by Crippen LogP contribution is -2.47. The van der Waals surface area contributed by atoms with Crippen LogP contribution in [0.1, 0.15) is 6.92 Å². The van der Waals surface area contributed by atoms with Crippen molar-refractivity contribution in [2.75, 3.05) is 39.3 Å². The predicted octanol–water partition coefficient (Wildman–Crippen LogP) is 1.78. The van der Waals surface area contributed by atoms with E-state index in [0.29, 0.717) is 22.3 Å². The lowest BCUT2D eigenvalue weighted by atomic mass is 10.3. The maximum absolute atomic E-state index is 12.0. The first-order valence-electron chi connectivity index (χ1n) is 7.39. The van der Waals surface area contributed by atoms with Gasteiger partial charge in [0.25, 0.3) is 5.91 Å². The average molecular weight is 346 g/mol. The van der Waals surface area contributed by atoms with E-state index in [1.165, 1.54) is 0 Å². The summed E-state index contributed by atoms with van der Waals surface area (Å²) in [6.07, 6.45) is -0.610. The van der Waals surface area contributed by atoms with Crippen LogP contribution in [0.25, 0.3) is 0 Å². The average Bonchev–Trinajstić information content (AvgIpc) is 2.51. The normalized spacial score (nSPS) is 17.0. The summed E-state index contributed by atoms with van der Waals surface area (Å²) in [5, 5.41) is 7.11. The molecule has 2 N–H and O–H groups in total. The van der Waals surface area contributed by atoms with Gasteiger partial charge >= 0.3 is 0 Å². The zero-order valence-electron chi connectivity index (χ0n) is 12.6. The van der Waals surface area contributed by atoms with Crippen molar-refractivity contribution in [2.24, 2.45) is 0 Å². The smallest absolute Gasteiger partial charge is 0.260 e. The highest BCUT2D eigenvalue weighted by Gasteiger charge is 2.16. The molecule has 1 atom stereocenters. The largest absolute Gasteiger partial charge is 0.479 e. The van der Waals surface area contributed by atoms with Gasteiger partial charge in [-0.15, -0.1) is 0 Å². The molecule has 2 rings (SSSR count). The Morgan fingerprint density at radius 2 is 2.14 bits per heavy atom. The molecule has 1 aliphatic heterocycles. The Balaban J connectivity index is 1.74. The Morgan fingerprint density at radius 1 is 1.41 bits per heavy atom. The van der Waals surface area contributed by atoms with E-state index in [4.69, 9.17) is 27.9 Å². The van der Waals surface area contributed by atoms with Crippen LogP contribution in [-0.2, 0) is 4.79 Å². The molecule has 0 aromatic heterocycles. The Morgan fingerprint density at radius 3 is 2.82 bits per heavy atom. The fraction of sp³-hybridized carbons (Fsp3) is 0.533. The molecule has 1 aliphatic rings. The Kier molecular flexibility index (Phi) is 6.76. The third-order valence-electron chi connectivity index (χ3n) is 3.50. The van der Waals surface area contributed by atoms with Crippen molar-refractivity contribution in [2.45, 2.75) is 13.0 Å². The summed E-state index contributed by atoms with van der Waals surface area (Å²) in [5.74, 6) is 0.303. The molecule has 0 bridgehead atoms. The first kappa shape index (κ1) is 17.3. The third-order valence-corrected chi connectivity index (χ3v) is 4.03. The highest BCUT2D eigenvalue weighted by Crippen LogP contribution is 2.28. The maximum atomic E-state index is 12.0. The number of nitrogens with zero attached hydrogens (tertiary/aromatic N) is 1. The number of hydrogen-bond acceptors (Lipinski definition) is 4. The fourth-order valence-electron chi connectivity index (χ4n) is 2.23. The van der Waals surface area contributed by atoms with Crippen molar-refractivity contribution < 1.29 is 9.53 Å². The summed E-state index contributed by atoms with van der Waals surface area (Å²) in [5.41, 5.74) is 0. The number of hydrogen-bond donors (Lipinski definition) is 2. The molecule has 1 fully saturated rings. The number of carbonyl (C=O) groups excluding carboxylic acids is 1. The van der Waals surface area contributed by atoms with E-state index in [1.54, 1.807) is 25.1 Å². The van der Waals surface area contributed by atoms with Crippen LogP contribution in [0.2, 0.25) is 10.0 Å². The summed E-state index contributed by atoms with van der Waals surface area (Å²) < 4.78 is 5.58. The molecule has 0 radical (unpaired) electrons. The highest BCUT2D eigenvalue weighted by molar-refractivity contribution is 6.35. The number of halogens is 2. The molecule has 1 aromatic carbocycles. The third kappa shape index (κ3) is 5.32. The van der Waals surface area contributed by atoms with Gasteiger partial charge in [0.1, 0.15) is 5.75 Å². The molecule has 122 valence electrons. The number of carbonyl (C=O) groups is 1. The monoisotopic (exact) mass is 345 g/mol. The van der Waals surface area contributed by atoms with Crippen molar-refractivity contribution in [3.8, 4) is 5.75 Å². The summed E-state index contributed by atoms with van der Waals surface area (Å²) in [4.78, 5) is 14.3. The van der Waals surface area contributed by atoms with Gasteiger partial charge in [-0.2, -0.15) is 0 Å². The van der Waals surface area contributed by atoms with Crippen molar-refractivity contribution in [1.82, 2.24) is 15.5 Å². The first-order chi connectivity index (χ1) is 10.6. The van der Waals surface area contributed by atoms with Crippen LogP contribution in [-0.4, -0.2) is 56.2 Å². The van der Waals surface area contributed by atoms with Crippen molar-refractivity contribution >= 4 is 29.1 Å².